The SMILES string of the molecule is CCC(=O)CCNC(=O)CCc1ccc(NC(=O)COCC(=O)C2(C(N)=O)SS2)cc1. The number of amides is 3. The number of benzene rings is 1. The minimum atomic E-state index is -1.27. The minimum Gasteiger partial charge on any atom is -0.367 e. The third kappa shape index (κ3) is 8.00. The summed E-state index contributed by atoms with van der Waals surface area (Å²) in [6, 6.07) is 7.00. The maximum atomic E-state index is 11.9. The Morgan fingerprint density at radius 2 is 1.68 bits per heavy atom. The number of nitrogens with two attached hydrogens (primary N) is 1. The second-order valence-corrected chi connectivity index (χ2v) is 9.62. The van der Waals surface area contributed by atoms with E-state index in [1.165, 1.54) is 0 Å². The number of carbonyl (C=O) groups excluding carboxylic acids is 5. The van der Waals surface area contributed by atoms with Crippen molar-refractivity contribution in [2.24, 2.45) is 5.73 Å². The molecule has 3 amide bonds. The number of rotatable bonds is 14. The monoisotopic (exact) mass is 467 g/mol. The van der Waals surface area contributed by atoms with Crippen LogP contribution in [0.3, 0.4) is 0 Å². The van der Waals surface area contributed by atoms with Crippen molar-refractivity contribution in [3.8, 4) is 0 Å². The Morgan fingerprint density at radius 3 is 2.26 bits per heavy atom. The molecule has 0 saturated carbocycles. The van der Waals surface area contributed by atoms with Gasteiger partial charge in [0, 0.05) is 31.5 Å². The van der Waals surface area contributed by atoms with Crippen molar-refractivity contribution in [3.63, 3.8) is 0 Å². The fraction of sp³-hybridized carbons (Fsp3) is 0.450. The van der Waals surface area contributed by atoms with Crippen LogP contribution in [-0.4, -0.2) is 53.1 Å². The van der Waals surface area contributed by atoms with Crippen molar-refractivity contribution in [1.82, 2.24) is 5.32 Å². The van der Waals surface area contributed by atoms with E-state index in [0.717, 1.165) is 27.2 Å². The summed E-state index contributed by atoms with van der Waals surface area (Å²) in [4.78, 5) is 58.1. The predicted octanol–water partition coefficient (Wildman–Crippen LogP) is 1.21. The third-order valence-corrected chi connectivity index (χ3v) is 7.26. The Morgan fingerprint density at radius 1 is 1.00 bits per heavy atom. The number of hydrogen-bond acceptors (Lipinski definition) is 8. The summed E-state index contributed by atoms with van der Waals surface area (Å²) in [7, 11) is 2.16. The van der Waals surface area contributed by atoms with Gasteiger partial charge in [-0.25, -0.2) is 0 Å². The molecule has 0 bridgehead atoms. The third-order valence-electron chi connectivity index (χ3n) is 4.41. The Hall–Kier alpha value is -2.37. The van der Waals surface area contributed by atoms with Gasteiger partial charge in [-0.1, -0.05) is 40.6 Å². The molecule has 1 aromatic rings. The van der Waals surface area contributed by atoms with Gasteiger partial charge in [0.05, 0.1) is 0 Å². The Kier molecular flexibility index (Phi) is 9.53. The van der Waals surface area contributed by atoms with Gasteiger partial charge in [-0.3, -0.25) is 24.0 Å². The average Bonchev–Trinajstić information content (AvgIpc) is 3.55. The van der Waals surface area contributed by atoms with Gasteiger partial charge in [0.25, 0.3) is 5.91 Å². The highest BCUT2D eigenvalue weighted by atomic mass is 33.2. The normalized spacial score (nSPS) is 13.8. The Balaban J connectivity index is 1.65. The van der Waals surface area contributed by atoms with Gasteiger partial charge in [-0.05, 0) is 24.1 Å². The first kappa shape index (κ1) is 24.9. The van der Waals surface area contributed by atoms with E-state index >= 15 is 0 Å². The zero-order chi connectivity index (χ0) is 22.9. The number of carbonyl (C=O) groups is 5. The number of nitrogens with one attached hydrogen (secondary N) is 2. The highest BCUT2D eigenvalue weighted by Crippen LogP contribution is 2.64. The molecule has 0 unspecified atom stereocenters. The van der Waals surface area contributed by atoms with Gasteiger partial charge in [0.15, 0.2) is 5.78 Å². The molecule has 4 N–H and O–H groups in total. The molecular weight excluding hydrogens is 442 g/mol. The first-order valence-corrected chi connectivity index (χ1v) is 11.9. The molecule has 0 aliphatic carbocycles. The molecule has 1 heterocycles. The van der Waals surface area contributed by atoms with E-state index in [2.05, 4.69) is 10.6 Å². The standard InChI is InChI=1S/C20H25N3O6S2/c1-2-15(24)9-10-22-17(26)8-5-13-3-6-14(7-4-13)23-18(27)12-29-11-16(25)20(19(21)28)30-31-20/h3-4,6-7H,2,5,8-12H2,1H3,(H2,21,28)(H,22,26)(H,23,27). The molecule has 0 radical (unpaired) electrons. The molecule has 1 aliphatic heterocycles. The molecule has 31 heavy (non-hydrogen) atoms. The Labute approximate surface area is 188 Å². The molecule has 1 fully saturated rings. The van der Waals surface area contributed by atoms with Crippen molar-refractivity contribution >= 4 is 56.6 Å². The van der Waals surface area contributed by atoms with Crippen LogP contribution in [0.5, 0.6) is 0 Å². The molecule has 1 aromatic carbocycles. The summed E-state index contributed by atoms with van der Waals surface area (Å²) in [6.07, 6.45) is 1.65. The van der Waals surface area contributed by atoms with Crippen LogP contribution in [0, 0.1) is 0 Å². The van der Waals surface area contributed by atoms with Crippen molar-refractivity contribution in [3.05, 3.63) is 29.8 Å². The summed E-state index contributed by atoms with van der Waals surface area (Å²) in [6.45, 7) is 1.44. The molecule has 9 nitrogen and oxygen atoms in total. The van der Waals surface area contributed by atoms with E-state index in [1.54, 1.807) is 31.2 Å². The largest absolute Gasteiger partial charge is 0.367 e. The summed E-state index contributed by atoms with van der Waals surface area (Å²) in [5.74, 6) is -1.62. The average molecular weight is 468 g/mol. The van der Waals surface area contributed by atoms with E-state index in [9.17, 15) is 24.0 Å². The zero-order valence-electron chi connectivity index (χ0n) is 17.1. The van der Waals surface area contributed by atoms with Crippen LogP contribution in [0.2, 0.25) is 0 Å². The van der Waals surface area contributed by atoms with Crippen molar-refractivity contribution < 1.29 is 28.7 Å². The van der Waals surface area contributed by atoms with E-state index in [-0.39, 0.29) is 24.9 Å². The molecular formula is C20H25N3O6S2. The van der Waals surface area contributed by atoms with E-state index < -0.39 is 21.7 Å². The van der Waals surface area contributed by atoms with E-state index in [0.29, 0.717) is 37.9 Å². The van der Waals surface area contributed by atoms with Gasteiger partial charge in [0.2, 0.25) is 15.9 Å². The molecule has 0 aromatic heterocycles. The lowest BCUT2D eigenvalue weighted by Crippen LogP contribution is -2.38. The van der Waals surface area contributed by atoms with Crippen LogP contribution in [0.15, 0.2) is 24.3 Å². The smallest absolute Gasteiger partial charge is 0.253 e. The van der Waals surface area contributed by atoms with E-state index in [1.807, 2.05) is 0 Å². The minimum absolute atomic E-state index is 0.116. The number of ketones is 2. The number of Topliss-reactive ketones (excluding diaryl/α,β-unsaturated/α-hetero) is 2. The molecule has 11 heteroatoms. The molecule has 1 aliphatic rings. The van der Waals surface area contributed by atoms with E-state index in [4.69, 9.17) is 10.5 Å². The van der Waals surface area contributed by atoms with Crippen molar-refractivity contribution in [2.75, 3.05) is 25.1 Å². The van der Waals surface area contributed by atoms with Crippen LogP contribution < -0.4 is 16.4 Å². The van der Waals surface area contributed by atoms with Crippen molar-refractivity contribution in [2.45, 2.75) is 36.7 Å². The Bertz CT molecular complexity index is 840. The summed E-state index contributed by atoms with van der Waals surface area (Å²) in [5, 5.41) is 5.36. The second kappa shape index (κ2) is 11.9. The highest BCUT2D eigenvalue weighted by Gasteiger charge is 2.58. The zero-order valence-corrected chi connectivity index (χ0v) is 18.7. The molecule has 0 atom stereocenters. The predicted molar refractivity (Wildman–Crippen MR) is 119 cm³/mol. The van der Waals surface area contributed by atoms with Gasteiger partial charge in [-0.2, -0.15) is 0 Å². The lowest BCUT2D eigenvalue weighted by molar-refractivity contribution is -0.131. The fourth-order valence-electron chi connectivity index (χ4n) is 2.50. The quantitative estimate of drug-likeness (QED) is 0.210. The lowest BCUT2D eigenvalue weighted by atomic mass is 10.1. The van der Waals surface area contributed by atoms with Gasteiger partial charge >= 0.3 is 0 Å². The van der Waals surface area contributed by atoms with Crippen LogP contribution in [0.4, 0.5) is 5.69 Å². The number of ether oxygens (including phenoxy) is 1. The maximum Gasteiger partial charge on any atom is 0.253 e. The molecule has 0 spiro atoms. The summed E-state index contributed by atoms with van der Waals surface area (Å²) in [5.41, 5.74) is 6.66. The van der Waals surface area contributed by atoms with Crippen LogP contribution in [-0.2, 0) is 35.1 Å². The molecule has 2 rings (SSSR count). The molecule has 168 valence electrons. The number of hydrogen-bond donors (Lipinski definition) is 3. The van der Waals surface area contributed by atoms with Gasteiger partial charge in [-0.15, -0.1) is 0 Å². The number of anilines is 1. The topological polar surface area (TPSA) is 145 Å². The maximum absolute atomic E-state index is 11.9. The van der Waals surface area contributed by atoms with Gasteiger partial charge in [0.1, 0.15) is 19.0 Å². The van der Waals surface area contributed by atoms with Crippen LogP contribution >= 0.6 is 21.6 Å². The van der Waals surface area contributed by atoms with Crippen LogP contribution in [0.1, 0.15) is 31.7 Å². The lowest BCUT2D eigenvalue weighted by Gasteiger charge is -2.09. The van der Waals surface area contributed by atoms with Crippen molar-refractivity contribution in [1.29, 1.82) is 0 Å². The van der Waals surface area contributed by atoms with Crippen LogP contribution in [0.25, 0.3) is 0 Å². The fourth-order valence-corrected chi connectivity index (χ4v) is 4.35. The summed E-state index contributed by atoms with van der Waals surface area (Å²) >= 11 is 0. The number of aryl methyl sites for hydroxylation is 1. The molecule has 1 saturated heterocycles. The summed E-state index contributed by atoms with van der Waals surface area (Å²) < 4.78 is 3.82. The highest BCUT2D eigenvalue weighted by molar-refractivity contribution is 8.94. The second-order valence-electron chi connectivity index (χ2n) is 6.80. The first-order chi connectivity index (χ1) is 14.8. The first-order valence-electron chi connectivity index (χ1n) is 9.71. The van der Waals surface area contributed by atoms with Gasteiger partial charge < -0.3 is 21.1 Å². The number of primary amides is 1.